The fourth-order valence-corrected chi connectivity index (χ4v) is 5.13. The van der Waals surface area contributed by atoms with E-state index in [1.54, 1.807) is 4.90 Å². The molecule has 4 aromatic carbocycles. The minimum absolute atomic E-state index is 0.0450. The van der Waals surface area contributed by atoms with E-state index in [9.17, 15) is 18.0 Å². The van der Waals surface area contributed by atoms with Crippen molar-refractivity contribution >= 4 is 33.3 Å². The van der Waals surface area contributed by atoms with Crippen molar-refractivity contribution in [2.45, 2.75) is 51.1 Å². The normalized spacial score (nSPS) is 14.7. The van der Waals surface area contributed by atoms with Crippen molar-refractivity contribution in [3.8, 4) is 0 Å². The van der Waals surface area contributed by atoms with Crippen LogP contribution < -0.4 is 5.32 Å². The molecule has 0 bridgehead atoms. The standard InChI is InChI=1S/C29H27F3N2O/c30-22-16-26(31)28(27(32)17-22)33-29(35)34(23-8-3-1-2-4-9-23)18-19-11-14-25-21(15-19)13-12-20-7-5-6-10-24(20)25/h5-7,10-17,23H,1-4,8-9,18H2,(H,33,35). The zero-order valence-electron chi connectivity index (χ0n) is 19.4. The number of hydrogen-bond acceptors (Lipinski definition) is 1. The third-order valence-electron chi connectivity index (χ3n) is 6.93. The number of amides is 2. The summed E-state index contributed by atoms with van der Waals surface area (Å²) in [5.41, 5.74) is 0.312. The molecule has 4 aromatic rings. The maximum atomic E-state index is 14.3. The molecule has 0 aromatic heterocycles. The number of urea groups is 1. The predicted molar refractivity (Wildman–Crippen MR) is 134 cm³/mol. The number of fused-ring (bicyclic) bond motifs is 3. The van der Waals surface area contributed by atoms with Gasteiger partial charge in [-0.1, -0.05) is 74.2 Å². The van der Waals surface area contributed by atoms with Crippen molar-refractivity contribution in [2.75, 3.05) is 5.32 Å². The smallest absolute Gasteiger partial charge is 0.317 e. The van der Waals surface area contributed by atoms with Gasteiger partial charge in [-0.15, -0.1) is 0 Å². The molecule has 0 saturated heterocycles. The van der Waals surface area contributed by atoms with E-state index >= 15 is 0 Å². The highest BCUT2D eigenvalue weighted by molar-refractivity contribution is 6.07. The number of nitrogens with zero attached hydrogens (tertiary/aromatic N) is 1. The first-order chi connectivity index (χ1) is 17.0. The number of halogens is 3. The van der Waals surface area contributed by atoms with E-state index in [4.69, 9.17) is 0 Å². The van der Waals surface area contributed by atoms with Crippen LogP contribution >= 0.6 is 0 Å². The van der Waals surface area contributed by atoms with Gasteiger partial charge >= 0.3 is 6.03 Å². The summed E-state index contributed by atoms with van der Waals surface area (Å²) >= 11 is 0. The van der Waals surface area contributed by atoms with E-state index in [0.29, 0.717) is 18.7 Å². The number of carbonyl (C=O) groups is 1. The topological polar surface area (TPSA) is 32.3 Å². The summed E-state index contributed by atoms with van der Waals surface area (Å²) in [6.45, 7) is 0.309. The molecule has 180 valence electrons. The molecule has 1 N–H and O–H groups in total. The number of anilines is 1. The summed E-state index contributed by atoms with van der Waals surface area (Å²) < 4.78 is 41.9. The number of hydrogen-bond donors (Lipinski definition) is 1. The van der Waals surface area contributed by atoms with E-state index in [1.165, 1.54) is 0 Å². The van der Waals surface area contributed by atoms with Gasteiger partial charge in [0.25, 0.3) is 0 Å². The molecule has 0 unspecified atom stereocenters. The maximum absolute atomic E-state index is 14.3. The SMILES string of the molecule is O=C(Nc1c(F)cc(F)cc1F)N(Cc1ccc2c(ccc3ccccc32)c1)C1CCCCCC1. The number of rotatable bonds is 4. The molecular weight excluding hydrogens is 449 g/mol. The van der Waals surface area contributed by atoms with Crippen molar-refractivity contribution in [3.05, 3.63) is 89.7 Å². The van der Waals surface area contributed by atoms with Gasteiger partial charge in [0.1, 0.15) is 11.5 Å². The van der Waals surface area contributed by atoms with Gasteiger partial charge in [0.15, 0.2) is 11.6 Å². The van der Waals surface area contributed by atoms with Gasteiger partial charge in [0, 0.05) is 24.7 Å². The first-order valence-corrected chi connectivity index (χ1v) is 12.1. The lowest BCUT2D eigenvalue weighted by molar-refractivity contribution is 0.175. The zero-order chi connectivity index (χ0) is 24.4. The second kappa shape index (κ2) is 9.98. The zero-order valence-corrected chi connectivity index (χ0v) is 19.4. The molecule has 1 aliphatic rings. The third-order valence-corrected chi connectivity index (χ3v) is 6.93. The fourth-order valence-electron chi connectivity index (χ4n) is 5.13. The van der Waals surface area contributed by atoms with Gasteiger partial charge in [0.2, 0.25) is 0 Å². The van der Waals surface area contributed by atoms with Crippen LogP contribution in [0.4, 0.5) is 23.7 Å². The lowest BCUT2D eigenvalue weighted by Gasteiger charge is -2.32. The second-order valence-electron chi connectivity index (χ2n) is 9.29. The Morgan fingerprint density at radius 1 is 0.800 bits per heavy atom. The van der Waals surface area contributed by atoms with Crippen LogP contribution in [-0.4, -0.2) is 17.0 Å². The van der Waals surface area contributed by atoms with Gasteiger partial charge in [0.05, 0.1) is 0 Å². The summed E-state index contributed by atoms with van der Waals surface area (Å²) in [6, 6.07) is 19.0. The van der Waals surface area contributed by atoms with Crippen LogP contribution in [0.2, 0.25) is 0 Å². The van der Waals surface area contributed by atoms with Crippen LogP contribution in [0.1, 0.15) is 44.1 Å². The lowest BCUT2D eigenvalue weighted by atomic mass is 9.99. The molecule has 0 heterocycles. The molecule has 0 radical (unpaired) electrons. The van der Waals surface area contributed by atoms with Gasteiger partial charge in [-0.3, -0.25) is 0 Å². The molecule has 0 atom stereocenters. The van der Waals surface area contributed by atoms with Crippen LogP contribution in [0.5, 0.6) is 0 Å². The highest BCUT2D eigenvalue weighted by Crippen LogP contribution is 2.29. The quantitative estimate of drug-likeness (QED) is 0.234. The Bertz CT molecular complexity index is 1360. The Balaban J connectivity index is 1.46. The van der Waals surface area contributed by atoms with E-state index in [2.05, 4.69) is 41.7 Å². The van der Waals surface area contributed by atoms with Crippen molar-refractivity contribution in [2.24, 2.45) is 0 Å². The Morgan fingerprint density at radius 2 is 1.46 bits per heavy atom. The summed E-state index contributed by atoms with van der Waals surface area (Å²) in [7, 11) is 0. The molecule has 35 heavy (non-hydrogen) atoms. The number of nitrogens with one attached hydrogen (secondary N) is 1. The molecule has 6 heteroatoms. The Hall–Kier alpha value is -3.54. The second-order valence-corrected chi connectivity index (χ2v) is 9.29. The molecule has 0 spiro atoms. The van der Waals surface area contributed by atoms with Crippen LogP contribution in [0.25, 0.3) is 21.5 Å². The monoisotopic (exact) mass is 476 g/mol. The highest BCUT2D eigenvalue weighted by Gasteiger charge is 2.27. The number of carbonyl (C=O) groups excluding carboxylic acids is 1. The van der Waals surface area contributed by atoms with E-state index in [-0.39, 0.29) is 6.04 Å². The summed E-state index contributed by atoms with van der Waals surface area (Å²) in [5.74, 6) is -3.29. The Kier molecular flexibility index (Phi) is 6.62. The molecule has 3 nitrogen and oxygen atoms in total. The molecule has 5 rings (SSSR count). The minimum Gasteiger partial charge on any atom is -0.317 e. The Morgan fingerprint density at radius 3 is 2.20 bits per heavy atom. The molecule has 1 fully saturated rings. The van der Waals surface area contributed by atoms with Crippen LogP contribution in [0.15, 0.2) is 66.7 Å². The summed E-state index contributed by atoms with van der Waals surface area (Å²) in [4.78, 5) is 15.0. The molecule has 1 saturated carbocycles. The molecule has 0 aliphatic heterocycles. The first-order valence-electron chi connectivity index (χ1n) is 12.1. The van der Waals surface area contributed by atoms with Crippen LogP contribution in [0, 0.1) is 17.5 Å². The largest absolute Gasteiger partial charge is 0.322 e. The van der Waals surface area contributed by atoms with Gasteiger partial charge in [-0.2, -0.15) is 0 Å². The first kappa shape index (κ1) is 23.2. The van der Waals surface area contributed by atoms with Crippen LogP contribution in [0.3, 0.4) is 0 Å². The van der Waals surface area contributed by atoms with Gasteiger partial charge in [-0.05, 0) is 46.0 Å². The van der Waals surface area contributed by atoms with E-state index < -0.39 is 29.2 Å². The molecule has 1 aliphatic carbocycles. The minimum atomic E-state index is -1.13. The van der Waals surface area contributed by atoms with E-state index in [1.807, 2.05) is 18.2 Å². The number of benzene rings is 4. The average molecular weight is 477 g/mol. The molecule has 2 amide bonds. The summed E-state index contributed by atoms with van der Waals surface area (Å²) in [5, 5.41) is 6.90. The van der Waals surface area contributed by atoms with Gasteiger partial charge in [-0.25, -0.2) is 18.0 Å². The molecular formula is C29H27F3N2O. The van der Waals surface area contributed by atoms with Crippen molar-refractivity contribution in [3.63, 3.8) is 0 Å². The average Bonchev–Trinajstić information content (AvgIpc) is 3.14. The maximum Gasteiger partial charge on any atom is 0.322 e. The van der Waals surface area contributed by atoms with Crippen molar-refractivity contribution in [1.29, 1.82) is 0 Å². The summed E-state index contributed by atoms with van der Waals surface area (Å²) in [6.07, 6.45) is 5.88. The highest BCUT2D eigenvalue weighted by atomic mass is 19.1. The van der Waals surface area contributed by atoms with Crippen molar-refractivity contribution in [1.82, 2.24) is 4.90 Å². The van der Waals surface area contributed by atoms with Crippen molar-refractivity contribution < 1.29 is 18.0 Å². The van der Waals surface area contributed by atoms with E-state index in [0.717, 1.165) is 65.6 Å². The predicted octanol–water partition coefficient (Wildman–Crippen LogP) is 8.17. The lowest BCUT2D eigenvalue weighted by Crippen LogP contribution is -2.42. The Labute approximate surface area is 202 Å². The fraction of sp³-hybridized carbons (Fsp3) is 0.276. The van der Waals surface area contributed by atoms with Crippen LogP contribution in [-0.2, 0) is 6.54 Å². The third kappa shape index (κ3) is 4.97. The van der Waals surface area contributed by atoms with Gasteiger partial charge < -0.3 is 10.2 Å².